The fourth-order valence-corrected chi connectivity index (χ4v) is 1.97. The van der Waals surface area contributed by atoms with Crippen LogP contribution in [0.2, 0.25) is 0 Å². The molecule has 0 aliphatic carbocycles. The van der Waals surface area contributed by atoms with E-state index in [1.165, 1.54) is 25.3 Å². The predicted octanol–water partition coefficient (Wildman–Crippen LogP) is 3.02. The Morgan fingerprint density at radius 3 is 2.79 bits per heavy atom. The highest BCUT2D eigenvalue weighted by Gasteiger charge is 2.19. The van der Waals surface area contributed by atoms with Crippen LogP contribution in [-0.4, -0.2) is 13.1 Å². The molecule has 2 N–H and O–H groups in total. The Morgan fingerprint density at radius 2 is 2.16 bits per heavy atom. The van der Waals surface area contributed by atoms with E-state index in [2.05, 4.69) is 20.7 Å². The number of esters is 1. The third-order valence-corrected chi connectivity index (χ3v) is 3.11. The van der Waals surface area contributed by atoms with Gasteiger partial charge in [-0.25, -0.2) is 9.18 Å². The topological polar surface area (TPSA) is 65.5 Å². The SMILES string of the molecule is COC(=O)c1ccc(C(N)c2ccc(Br)cc2F)o1. The molecule has 2 aromatic rings. The molecule has 4 nitrogen and oxygen atoms in total. The molecule has 0 aliphatic heterocycles. The Balaban J connectivity index is 2.31. The van der Waals surface area contributed by atoms with Crippen molar-refractivity contribution in [2.75, 3.05) is 7.11 Å². The zero-order valence-corrected chi connectivity index (χ0v) is 11.6. The minimum Gasteiger partial charge on any atom is -0.463 e. The maximum absolute atomic E-state index is 13.8. The molecule has 0 amide bonds. The zero-order valence-electron chi connectivity index (χ0n) is 10.0. The number of halogens is 2. The molecule has 1 aromatic heterocycles. The van der Waals surface area contributed by atoms with Crippen molar-refractivity contribution in [1.29, 1.82) is 0 Å². The van der Waals surface area contributed by atoms with Crippen LogP contribution in [0.25, 0.3) is 0 Å². The maximum atomic E-state index is 13.8. The van der Waals surface area contributed by atoms with E-state index in [0.29, 0.717) is 10.2 Å². The minimum absolute atomic E-state index is 0.0328. The largest absolute Gasteiger partial charge is 0.463 e. The summed E-state index contributed by atoms with van der Waals surface area (Å²) in [5.41, 5.74) is 6.21. The van der Waals surface area contributed by atoms with Crippen LogP contribution in [-0.2, 0) is 4.74 Å². The Morgan fingerprint density at radius 1 is 1.42 bits per heavy atom. The van der Waals surface area contributed by atoms with Crippen LogP contribution in [0.3, 0.4) is 0 Å². The first-order valence-electron chi connectivity index (χ1n) is 5.41. The van der Waals surface area contributed by atoms with Gasteiger partial charge in [-0.3, -0.25) is 0 Å². The molecule has 0 bridgehead atoms. The fraction of sp³-hybridized carbons (Fsp3) is 0.154. The highest BCUT2D eigenvalue weighted by molar-refractivity contribution is 9.10. The maximum Gasteiger partial charge on any atom is 0.373 e. The molecule has 100 valence electrons. The lowest BCUT2D eigenvalue weighted by Crippen LogP contribution is -2.13. The molecule has 0 radical (unpaired) electrons. The lowest BCUT2D eigenvalue weighted by Gasteiger charge is -2.10. The first-order chi connectivity index (χ1) is 9.02. The van der Waals surface area contributed by atoms with E-state index in [-0.39, 0.29) is 11.3 Å². The van der Waals surface area contributed by atoms with Crippen molar-refractivity contribution in [2.45, 2.75) is 6.04 Å². The number of methoxy groups -OCH3 is 1. The van der Waals surface area contributed by atoms with Crippen molar-refractivity contribution in [3.8, 4) is 0 Å². The van der Waals surface area contributed by atoms with Crippen molar-refractivity contribution in [3.63, 3.8) is 0 Å². The van der Waals surface area contributed by atoms with Crippen molar-refractivity contribution >= 4 is 21.9 Å². The van der Waals surface area contributed by atoms with Crippen LogP contribution < -0.4 is 5.73 Å². The lowest BCUT2D eigenvalue weighted by atomic mass is 10.1. The molecule has 0 saturated carbocycles. The van der Waals surface area contributed by atoms with E-state index >= 15 is 0 Å². The Bertz CT molecular complexity index is 612. The summed E-state index contributed by atoms with van der Waals surface area (Å²) < 4.78 is 24.2. The number of furan rings is 1. The number of carbonyl (C=O) groups is 1. The Hall–Kier alpha value is -1.66. The molecular weight excluding hydrogens is 317 g/mol. The molecule has 0 fully saturated rings. The van der Waals surface area contributed by atoms with Crippen LogP contribution in [0.1, 0.15) is 27.9 Å². The second-order valence-corrected chi connectivity index (χ2v) is 4.75. The molecule has 0 saturated heterocycles. The smallest absolute Gasteiger partial charge is 0.373 e. The summed E-state index contributed by atoms with van der Waals surface area (Å²) in [6, 6.07) is 6.74. The summed E-state index contributed by atoms with van der Waals surface area (Å²) in [6.07, 6.45) is 0. The summed E-state index contributed by atoms with van der Waals surface area (Å²) in [6.45, 7) is 0. The minimum atomic E-state index is -0.786. The highest BCUT2D eigenvalue weighted by atomic mass is 79.9. The summed E-state index contributed by atoms with van der Waals surface area (Å²) in [7, 11) is 1.25. The molecule has 1 aromatic carbocycles. The lowest BCUT2D eigenvalue weighted by molar-refractivity contribution is 0.0562. The molecule has 6 heteroatoms. The van der Waals surface area contributed by atoms with Crippen LogP contribution >= 0.6 is 15.9 Å². The number of hydrogen-bond donors (Lipinski definition) is 1. The summed E-state index contributed by atoms with van der Waals surface area (Å²) in [4.78, 5) is 11.3. The van der Waals surface area contributed by atoms with Crippen LogP contribution in [0.4, 0.5) is 4.39 Å². The summed E-state index contributed by atoms with van der Waals surface area (Å²) in [5.74, 6) is -0.722. The fourth-order valence-electron chi connectivity index (χ4n) is 1.64. The van der Waals surface area contributed by atoms with Gasteiger partial charge < -0.3 is 14.9 Å². The molecule has 0 spiro atoms. The second kappa shape index (κ2) is 5.54. The first kappa shape index (κ1) is 13.8. The van der Waals surface area contributed by atoms with Gasteiger partial charge in [0, 0.05) is 10.0 Å². The monoisotopic (exact) mass is 327 g/mol. The van der Waals surface area contributed by atoms with E-state index in [9.17, 15) is 9.18 Å². The normalized spacial score (nSPS) is 12.2. The van der Waals surface area contributed by atoms with E-state index in [0.717, 1.165) is 0 Å². The molecule has 1 atom stereocenters. The quantitative estimate of drug-likeness (QED) is 0.880. The zero-order chi connectivity index (χ0) is 14.0. The van der Waals surface area contributed by atoms with Crippen molar-refractivity contribution in [1.82, 2.24) is 0 Å². The van der Waals surface area contributed by atoms with Gasteiger partial charge in [-0.2, -0.15) is 0 Å². The molecule has 19 heavy (non-hydrogen) atoms. The van der Waals surface area contributed by atoms with Crippen molar-refractivity contribution < 1.29 is 18.3 Å². The second-order valence-electron chi connectivity index (χ2n) is 3.84. The Kier molecular flexibility index (Phi) is 4.01. The van der Waals surface area contributed by atoms with Gasteiger partial charge >= 0.3 is 5.97 Å². The van der Waals surface area contributed by atoms with Gasteiger partial charge in [0.15, 0.2) is 0 Å². The van der Waals surface area contributed by atoms with Gasteiger partial charge in [0.05, 0.1) is 13.2 Å². The van der Waals surface area contributed by atoms with Gasteiger partial charge in [0.1, 0.15) is 11.6 Å². The highest BCUT2D eigenvalue weighted by Crippen LogP contribution is 2.26. The van der Waals surface area contributed by atoms with Crippen LogP contribution in [0.5, 0.6) is 0 Å². The van der Waals surface area contributed by atoms with Crippen LogP contribution in [0, 0.1) is 5.82 Å². The van der Waals surface area contributed by atoms with Gasteiger partial charge in [-0.05, 0) is 24.3 Å². The third kappa shape index (κ3) is 2.85. The molecule has 0 aliphatic rings. The van der Waals surface area contributed by atoms with Gasteiger partial charge in [0.2, 0.25) is 5.76 Å². The number of ether oxygens (including phenoxy) is 1. The molecule has 2 rings (SSSR count). The first-order valence-corrected chi connectivity index (χ1v) is 6.21. The summed E-state index contributed by atoms with van der Waals surface area (Å²) >= 11 is 3.17. The average molecular weight is 328 g/mol. The molecular formula is C13H11BrFNO3. The molecule has 1 heterocycles. The van der Waals surface area contributed by atoms with E-state index in [4.69, 9.17) is 10.2 Å². The third-order valence-electron chi connectivity index (χ3n) is 2.62. The number of rotatable bonds is 3. The van der Waals surface area contributed by atoms with Crippen molar-refractivity contribution in [3.05, 3.63) is 57.7 Å². The van der Waals surface area contributed by atoms with Crippen LogP contribution in [0.15, 0.2) is 39.2 Å². The van der Waals surface area contributed by atoms with Gasteiger partial charge in [0.25, 0.3) is 0 Å². The predicted molar refractivity (Wildman–Crippen MR) is 70.2 cm³/mol. The number of hydrogen-bond acceptors (Lipinski definition) is 4. The summed E-state index contributed by atoms with van der Waals surface area (Å²) in [5, 5.41) is 0. The number of carbonyl (C=O) groups excluding carboxylic acids is 1. The van der Waals surface area contributed by atoms with E-state index < -0.39 is 17.8 Å². The Labute approximate surface area is 117 Å². The van der Waals surface area contributed by atoms with Crippen molar-refractivity contribution in [2.24, 2.45) is 5.73 Å². The number of nitrogens with two attached hydrogens (primary N) is 1. The van der Waals surface area contributed by atoms with Gasteiger partial charge in [-0.1, -0.05) is 22.0 Å². The average Bonchev–Trinajstić information content (AvgIpc) is 2.86. The number of benzene rings is 1. The van der Waals surface area contributed by atoms with E-state index in [1.807, 2.05) is 0 Å². The molecule has 1 unspecified atom stereocenters. The van der Waals surface area contributed by atoms with E-state index in [1.54, 1.807) is 12.1 Å². The standard InChI is InChI=1S/C13H11BrFNO3/c1-18-13(17)11-5-4-10(19-11)12(16)8-3-2-7(14)6-9(8)15/h2-6,12H,16H2,1H3. The van der Waals surface area contributed by atoms with Gasteiger partial charge in [-0.15, -0.1) is 0 Å².